The minimum atomic E-state index is 0.201. The standard InChI is InChI=1S/C16H28N2/c1-14(2)18-12-8-11-17-13-16(3,4)15-9-6-5-7-10-15/h5-7,9-10,14,17-18H,8,11-13H2,1-4H3. The Morgan fingerprint density at radius 2 is 1.72 bits per heavy atom. The van der Waals surface area contributed by atoms with Crippen LogP contribution in [-0.4, -0.2) is 25.7 Å². The Labute approximate surface area is 112 Å². The van der Waals surface area contributed by atoms with E-state index in [1.54, 1.807) is 0 Å². The number of hydrogen-bond donors (Lipinski definition) is 2. The molecule has 0 atom stereocenters. The summed E-state index contributed by atoms with van der Waals surface area (Å²) in [6.45, 7) is 12.2. The summed E-state index contributed by atoms with van der Waals surface area (Å²) < 4.78 is 0. The molecule has 2 N–H and O–H groups in total. The maximum absolute atomic E-state index is 3.56. The molecule has 2 heteroatoms. The molecule has 0 fully saturated rings. The Bertz CT molecular complexity index is 317. The van der Waals surface area contributed by atoms with Crippen molar-refractivity contribution in [3.8, 4) is 0 Å². The van der Waals surface area contributed by atoms with Crippen LogP contribution >= 0.6 is 0 Å². The van der Waals surface area contributed by atoms with Gasteiger partial charge in [0.1, 0.15) is 0 Å². The van der Waals surface area contributed by atoms with Gasteiger partial charge >= 0.3 is 0 Å². The van der Waals surface area contributed by atoms with Gasteiger partial charge < -0.3 is 10.6 Å². The van der Waals surface area contributed by atoms with Gasteiger partial charge in [-0.05, 0) is 25.1 Å². The highest BCUT2D eigenvalue weighted by molar-refractivity contribution is 5.23. The third-order valence-electron chi connectivity index (χ3n) is 3.21. The second kappa shape index (κ2) is 7.55. The number of nitrogens with one attached hydrogen (secondary N) is 2. The van der Waals surface area contributed by atoms with E-state index in [9.17, 15) is 0 Å². The minimum Gasteiger partial charge on any atom is -0.316 e. The molecule has 1 rings (SSSR count). The van der Waals surface area contributed by atoms with Gasteiger partial charge in [0, 0.05) is 18.0 Å². The third-order valence-corrected chi connectivity index (χ3v) is 3.21. The van der Waals surface area contributed by atoms with Crippen LogP contribution in [0.2, 0.25) is 0 Å². The zero-order chi connectivity index (χ0) is 13.4. The fourth-order valence-electron chi connectivity index (χ4n) is 2.00. The molecule has 0 aliphatic carbocycles. The van der Waals surface area contributed by atoms with Crippen molar-refractivity contribution in [2.75, 3.05) is 19.6 Å². The first-order valence-corrected chi connectivity index (χ1v) is 7.02. The van der Waals surface area contributed by atoms with Gasteiger partial charge in [0.25, 0.3) is 0 Å². The van der Waals surface area contributed by atoms with E-state index in [1.807, 2.05) is 0 Å². The van der Waals surface area contributed by atoms with E-state index >= 15 is 0 Å². The van der Waals surface area contributed by atoms with Crippen molar-refractivity contribution in [2.24, 2.45) is 0 Å². The Morgan fingerprint density at radius 1 is 1.06 bits per heavy atom. The Balaban J connectivity index is 2.22. The van der Waals surface area contributed by atoms with Crippen molar-refractivity contribution in [1.82, 2.24) is 10.6 Å². The lowest BCUT2D eigenvalue weighted by Crippen LogP contribution is -2.34. The lowest BCUT2D eigenvalue weighted by Gasteiger charge is -2.25. The van der Waals surface area contributed by atoms with Crippen LogP contribution in [0, 0.1) is 0 Å². The summed E-state index contributed by atoms with van der Waals surface area (Å²) in [6.07, 6.45) is 1.18. The zero-order valence-electron chi connectivity index (χ0n) is 12.3. The number of benzene rings is 1. The highest BCUT2D eigenvalue weighted by Crippen LogP contribution is 2.21. The molecule has 2 nitrogen and oxygen atoms in total. The first-order chi connectivity index (χ1) is 8.52. The summed E-state index contributed by atoms with van der Waals surface area (Å²) in [6, 6.07) is 11.3. The van der Waals surface area contributed by atoms with Crippen LogP contribution in [0.5, 0.6) is 0 Å². The Kier molecular flexibility index (Phi) is 6.37. The molecule has 0 aliphatic heterocycles. The van der Waals surface area contributed by atoms with Gasteiger partial charge in [-0.15, -0.1) is 0 Å². The van der Waals surface area contributed by atoms with Crippen LogP contribution in [0.4, 0.5) is 0 Å². The summed E-state index contributed by atoms with van der Waals surface area (Å²) >= 11 is 0. The molecule has 0 spiro atoms. The Morgan fingerprint density at radius 3 is 2.33 bits per heavy atom. The van der Waals surface area contributed by atoms with Crippen molar-refractivity contribution in [1.29, 1.82) is 0 Å². The lowest BCUT2D eigenvalue weighted by molar-refractivity contribution is 0.458. The summed E-state index contributed by atoms with van der Waals surface area (Å²) in [5.41, 5.74) is 1.60. The Hall–Kier alpha value is -0.860. The van der Waals surface area contributed by atoms with E-state index in [2.05, 4.69) is 68.7 Å². The molecule has 1 aromatic rings. The van der Waals surface area contributed by atoms with Crippen molar-refractivity contribution in [3.63, 3.8) is 0 Å². The highest BCUT2D eigenvalue weighted by atomic mass is 14.9. The van der Waals surface area contributed by atoms with Gasteiger partial charge in [-0.2, -0.15) is 0 Å². The molecule has 0 amide bonds. The number of rotatable bonds is 8. The fraction of sp³-hybridized carbons (Fsp3) is 0.625. The summed E-state index contributed by atoms with van der Waals surface area (Å²) in [5.74, 6) is 0. The number of hydrogen-bond acceptors (Lipinski definition) is 2. The van der Waals surface area contributed by atoms with Gasteiger partial charge in [-0.1, -0.05) is 58.0 Å². The van der Waals surface area contributed by atoms with Crippen molar-refractivity contribution in [3.05, 3.63) is 35.9 Å². The van der Waals surface area contributed by atoms with Crippen molar-refractivity contribution >= 4 is 0 Å². The molecule has 0 saturated heterocycles. The van der Waals surface area contributed by atoms with E-state index in [-0.39, 0.29) is 5.41 Å². The average Bonchev–Trinajstić information content (AvgIpc) is 2.34. The van der Waals surface area contributed by atoms with Crippen LogP contribution in [0.15, 0.2) is 30.3 Å². The van der Waals surface area contributed by atoms with Crippen LogP contribution in [0.3, 0.4) is 0 Å². The summed E-state index contributed by atoms with van der Waals surface area (Å²) in [7, 11) is 0. The SMILES string of the molecule is CC(C)NCCCNCC(C)(C)c1ccccc1. The van der Waals surface area contributed by atoms with E-state index in [0.29, 0.717) is 6.04 Å². The molecule has 18 heavy (non-hydrogen) atoms. The second-order valence-electron chi connectivity index (χ2n) is 5.89. The van der Waals surface area contributed by atoms with Gasteiger partial charge in [0.05, 0.1) is 0 Å². The molecule has 0 aliphatic rings. The smallest absolute Gasteiger partial charge is 0.00431 e. The minimum absolute atomic E-state index is 0.201. The van der Waals surface area contributed by atoms with E-state index in [1.165, 1.54) is 12.0 Å². The first kappa shape index (κ1) is 15.2. The van der Waals surface area contributed by atoms with E-state index in [4.69, 9.17) is 0 Å². The molecule has 0 bridgehead atoms. The average molecular weight is 248 g/mol. The predicted molar refractivity (Wildman–Crippen MR) is 80.1 cm³/mol. The molecule has 0 aromatic heterocycles. The van der Waals surface area contributed by atoms with Gasteiger partial charge in [-0.3, -0.25) is 0 Å². The van der Waals surface area contributed by atoms with Crippen molar-refractivity contribution in [2.45, 2.75) is 45.6 Å². The predicted octanol–water partition coefficient (Wildman–Crippen LogP) is 2.94. The molecule has 0 saturated carbocycles. The molecule has 0 radical (unpaired) electrons. The summed E-state index contributed by atoms with van der Waals surface area (Å²) in [5, 5.41) is 6.99. The molecule has 102 valence electrons. The maximum atomic E-state index is 3.56. The van der Waals surface area contributed by atoms with Crippen LogP contribution in [0.25, 0.3) is 0 Å². The largest absolute Gasteiger partial charge is 0.316 e. The van der Waals surface area contributed by atoms with Crippen LogP contribution in [-0.2, 0) is 5.41 Å². The van der Waals surface area contributed by atoms with Gasteiger partial charge in [0.15, 0.2) is 0 Å². The van der Waals surface area contributed by atoms with Gasteiger partial charge in [0.2, 0.25) is 0 Å². The second-order valence-corrected chi connectivity index (χ2v) is 5.89. The molecular formula is C16H28N2. The van der Waals surface area contributed by atoms with Crippen molar-refractivity contribution < 1.29 is 0 Å². The molecular weight excluding hydrogens is 220 g/mol. The normalized spacial score (nSPS) is 12.1. The topological polar surface area (TPSA) is 24.1 Å². The quantitative estimate of drug-likeness (QED) is 0.691. The monoisotopic (exact) mass is 248 g/mol. The van der Waals surface area contributed by atoms with Crippen LogP contribution < -0.4 is 10.6 Å². The zero-order valence-corrected chi connectivity index (χ0v) is 12.3. The van der Waals surface area contributed by atoms with E-state index < -0.39 is 0 Å². The fourth-order valence-corrected chi connectivity index (χ4v) is 2.00. The van der Waals surface area contributed by atoms with Crippen LogP contribution in [0.1, 0.15) is 39.7 Å². The van der Waals surface area contributed by atoms with Gasteiger partial charge in [-0.25, -0.2) is 0 Å². The molecule has 0 unspecified atom stereocenters. The molecule has 0 heterocycles. The third kappa shape index (κ3) is 5.65. The van der Waals surface area contributed by atoms with E-state index in [0.717, 1.165) is 19.6 Å². The molecule has 1 aromatic carbocycles. The lowest BCUT2D eigenvalue weighted by atomic mass is 9.84. The maximum Gasteiger partial charge on any atom is 0.00431 e. The first-order valence-electron chi connectivity index (χ1n) is 7.02. The highest BCUT2D eigenvalue weighted by Gasteiger charge is 2.19. The summed E-state index contributed by atoms with van der Waals surface area (Å²) in [4.78, 5) is 0.